The summed E-state index contributed by atoms with van der Waals surface area (Å²) in [5.41, 5.74) is 0.772. The SMILES string of the molecule is O=C1C[NH+](CC(=O)Nc2ccccc2Sc2ccc(Cl)cc2)CCN1. The number of hydrogen-bond donors (Lipinski definition) is 3. The van der Waals surface area contributed by atoms with E-state index in [1.54, 1.807) is 11.8 Å². The number of hydrogen-bond acceptors (Lipinski definition) is 3. The summed E-state index contributed by atoms with van der Waals surface area (Å²) in [5.74, 6) is -0.0957. The number of piperazine rings is 1. The summed E-state index contributed by atoms with van der Waals surface area (Å²) in [4.78, 5) is 26.7. The Kier molecular flexibility index (Phi) is 5.96. The maximum absolute atomic E-state index is 12.3. The van der Waals surface area contributed by atoms with Gasteiger partial charge in [-0.05, 0) is 36.4 Å². The van der Waals surface area contributed by atoms with Crippen molar-refractivity contribution in [1.29, 1.82) is 0 Å². The number of carbonyl (C=O) groups excluding carboxylic acids is 2. The van der Waals surface area contributed by atoms with Crippen molar-refractivity contribution in [3.63, 3.8) is 0 Å². The van der Waals surface area contributed by atoms with E-state index in [1.165, 1.54) is 0 Å². The van der Waals surface area contributed by atoms with Gasteiger partial charge in [-0.3, -0.25) is 9.59 Å². The van der Waals surface area contributed by atoms with Crippen molar-refractivity contribution in [2.24, 2.45) is 0 Å². The van der Waals surface area contributed by atoms with Crippen LogP contribution in [0.1, 0.15) is 0 Å². The van der Waals surface area contributed by atoms with E-state index in [2.05, 4.69) is 10.6 Å². The minimum atomic E-state index is -0.0890. The Labute approximate surface area is 155 Å². The lowest BCUT2D eigenvalue weighted by molar-refractivity contribution is -0.885. The zero-order chi connectivity index (χ0) is 17.6. The first-order chi connectivity index (χ1) is 12.1. The molecule has 0 saturated carbocycles. The maximum Gasteiger partial charge on any atom is 0.279 e. The summed E-state index contributed by atoms with van der Waals surface area (Å²) in [5, 5.41) is 6.43. The number of rotatable bonds is 5. The molecule has 0 aliphatic carbocycles. The summed E-state index contributed by atoms with van der Waals surface area (Å²) in [6.07, 6.45) is 0. The van der Waals surface area contributed by atoms with Crippen LogP contribution in [0.25, 0.3) is 0 Å². The molecule has 1 aliphatic heterocycles. The monoisotopic (exact) mass is 376 g/mol. The van der Waals surface area contributed by atoms with Gasteiger partial charge >= 0.3 is 0 Å². The average Bonchev–Trinajstić information content (AvgIpc) is 2.58. The zero-order valence-corrected chi connectivity index (χ0v) is 15.1. The van der Waals surface area contributed by atoms with Gasteiger partial charge in [0.15, 0.2) is 13.1 Å². The van der Waals surface area contributed by atoms with Crippen LogP contribution in [-0.4, -0.2) is 38.0 Å². The zero-order valence-electron chi connectivity index (χ0n) is 13.5. The van der Waals surface area contributed by atoms with Gasteiger partial charge in [0.05, 0.1) is 18.8 Å². The largest absolute Gasteiger partial charge is 0.346 e. The lowest BCUT2D eigenvalue weighted by Gasteiger charge is -2.23. The molecule has 0 aromatic heterocycles. The third-order valence-corrected chi connectivity index (χ3v) is 5.16. The van der Waals surface area contributed by atoms with E-state index in [1.807, 2.05) is 48.5 Å². The molecular formula is C18H19ClN3O2S+. The molecule has 0 radical (unpaired) electrons. The van der Waals surface area contributed by atoms with E-state index in [9.17, 15) is 9.59 Å². The molecule has 7 heteroatoms. The quantitative estimate of drug-likeness (QED) is 0.740. The van der Waals surface area contributed by atoms with E-state index in [0.29, 0.717) is 18.1 Å². The van der Waals surface area contributed by atoms with Gasteiger partial charge in [0, 0.05) is 14.8 Å². The predicted molar refractivity (Wildman–Crippen MR) is 99.2 cm³/mol. The molecule has 130 valence electrons. The molecule has 2 aromatic carbocycles. The second kappa shape index (κ2) is 8.38. The van der Waals surface area contributed by atoms with E-state index in [-0.39, 0.29) is 18.4 Å². The van der Waals surface area contributed by atoms with Gasteiger partial charge in [0.2, 0.25) is 0 Å². The van der Waals surface area contributed by atoms with Gasteiger partial charge in [-0.1, -0.05) is 35.5 Å². The molecule has 2 aromatic rings. The molecule has 1 heterocycles. The fraction of sp³-hybridized carbons (Fsp3) is 0.222. The lowest BCUT2D eigenvalue weighted by Crippen LogP contribution is -3.16. The Morgan fingerprint density at radius 3 is 2.72 bits per heavy atom. The molecule has 1 aliphatic rings. The molecule has 5 nitrogen and oxygen atoms in total. The number of anilines is 1. The van der Waals surface area contributed by atoms with Crippen molar-refractivity contribution in [2.75, 3.05) is 31.5 Å². The third kappa shape index (κ3) is 5.22. The summed E-state index contributed by atoms with van der Waals surface area (Å²) >= 11 is 7.49. The Morgan fingerprint density at radius 2 is 1.96 bits per heavy atom. The molecule has 25 heavy (non-hydrogen) atoms. The Hall–Kier alpha value is -2.02. The van der Waals surface area contributed by atoms with Crippen molar-refractivity contribution in [2.45, 2.75) is 9.79 Å². The normalized spacial score (nSPS) is 17.0. The van der Waals surface area contributed by atoms with Crippen LogP contribution in [0.2, 0.25) is 5.02 Å². The van der Waals surface area contributed by atoms with Gasteiger partial charge < -0.3 is 15.5 Å². The van der Waals surface area contributed by atoms with Crippen molar-refractivity contribution in [3.05, 3.63) is 53.6 Å². The average molecular weight is 377 g/mol. The Morgan fingerprint density at radius 1 is 1.20 bits per heavy atom. The second-order valence-corrected chi connectivity index (χ2v) is 7.36. The van der Waals surface area contributed by atoms with E-state index >= 15 is 0 Å². The van der Waals surface area contributed by atoms with E-state index in [0.717, 1.165) is 26.9 Å². The molecule has 1 saturated heterocycles. The summed E-state index contributed by atoms with van der Waals surface area (Å²) in [6, 6.07) is 15.3. The Bertz CT molecular complexity index is 767. The first-order valence-electron chi connectivity index (χ1n) is 8.03. The summed E-state index contributed by atoms with van der Waals surface area (Å²) < 4.78 is 0. The first kappa shape index (κ1) is 17.8. The molecule has 0 bridgehead atoms. The van der Waals surface area contributed by atoms with Crippen LogP contribution in [-0.2, 0) is 9.59 Å². The number of halogens is 1. The van der Waals surface area contributed by atoms with Gasteiger partial charge in [-0.25, -0.2) is 0 Å². The molecule has 3 N–H and O–H groups in total. The lowest BCUT2D eigenvalue weighted by atomic mass is 10.3. The van der Waals surface area contributed by atoms with Gasteiger partial charge in [0.1, 0.15) is 0 Å². The van der Waals surface area contributed by atoms with Crippen LogP contribution in [0.5, 0.6) is 0 Å². The number of carbonyl (C=O) groups is 2. The first-order valence-corrected chi connectivity index (χ1v) is 9.22. The number of quaternary nitrogens is 1. The number of benzene rings is 2. The highest BCUT2D eigenvalue weighted by Gasteiger charge is 2.22. The fourth-order valence-electron chi connectivity index (χ4n) is 2.62. The fourth-order valence-corrected chi connectivity index (χ4v) is 3.65. The van der Waals surface area contributed by atoms with Crippen molar-refractivity contribution >= 4 is 40.9 Å². The molecular weight excluding hydrogens is 358 g/mol. The van der Waals surface area contributed by atoms with Gasteiger partial charge in [-0.15, -0.1) is 0 Å². The van der Waals surface area contributed by atoms with Gasteiger partial charge in [-0.2, -0.15) is 0 Å². The third-order valence-electron chi connectivity index (χ3n) is 3.82. The van der Waals surface area contributed by atoms with Crippen LogP contribution >= 0.6 is 23.4 Å². The van der Waals surface area contributed by atoms with Gasteiger partial charge in [0.25, 0.3) is 11.8 Å². The van der Waals surface area contributed by atoms with Crippen LogP contribution < -0.4 is 15.5 Å². The van der Waals surface area contributed by atoms with Crippen LogP contribution in [0, 0.1) is 0 Å². The summed E-state index contributed by atoms with van der Waals surface area (Å²) in [7, 11) is 0. The second-order valence-electron chi connectivity index (χ2n) is 5.80. The molecule has 3 rings (SSSR count). The van der Waals surface area contributed by atoms with Crippen LogP contribution in [0.15, 0.2) is 58.3 Å². The highest BCUT2D eigenvalue weighted by molar-refractivity contribution is 7.99. The predicted octanol–water partition coefficient (Wildman–Crippen LogP) is 1.44. The van der Waals surface area contributed by atoms with Crippen molar-refractivity contribution < 1.29 is 14.5 Å². The Balaban J connectivity index is 1.64. The maximum atomic E-state index is 12.3. The highest BCUT2D eigenvalue weighted by atomic mass is 35.5. The summed E-state index contributed by atoms with van der Waals surface area (Å²) in [6.45, 7) is 2.01. The standard InChI is InChI=1S/C18H18ClN3O2S/c19-13-5-7-14(8-6-13)25-16-4-2-1-3-15(16)21-18(24)12-22-10-9-20-17(23)11-22/h1-8H,9-12H2,(H,20,23)(H,21,24)/p+1. The smallest absolute Gasteiger partial charge is 0.279 e. The van der Waals surface area contributed by atoms with E-state index < -0.39 is 0 Å². The molecule has 1 fully saturated rings. The molecule has 0 spiro atoms. The minimum absolute atomic E-state index is 0.00672. The van der Waals surface area contributed by atoms with Crippen LogP contribution in [0.3, 0.4) is 0 Å². The highest BCUT2D eigenvalue weighted by Crippen LogP contribution is 2.33. The molecule has 1 unspecified atom stereocenters. The van der Waals surface area contributed by atoms with Crippen molar-refractivity contribution in [3.8, 4) is 0 Å². The molecule has 1 atom stereocenters. The topological polar surface area (TPSA) is 62.6 Å². The minimum Gasteiger partial charge on any atom is -0.346 e. The number of nitrogens with one attached hydrogen (secondary N) is 3. The van der Waals surface area contributed by atoms with E-state index in [4.69, 9.17) is 11.6 Å². The van der Waals surface area contributed by atoms with Crippen LogP contribution in [0.4, 0.5) is 5.69 Å². The molecule has 2 amide bonds. The van der Waals surface area contributed by atoms with Crippen molar-refractivity contribution in [1.82, 2.24) is 5.32 Å². The number of para-hydroxylation sites is 1. The number of amides is 2.